The summed E-state index contributed by atoms with van der Waals surface area (Å²) in [6.45, 7) is 5.93. The minimum atomic E-state index is -0.224. The predicted molar refractivity (Wildman–Crippen MR) is 62.0 cm³/mol. The molecule has 0 saturated carbocycles. The summed E-state index contributed by atoms with van der Waals surface area (Å²) in [4.78, 5) is 0. The molecule has 1 aromatic carbocycles. The third kappa shape index (κ3) is 2.46. The van der Waals surface area contributed by atoms with Gasteiger partial charge in [-0.05, 0) is 18.4 Å². The molecule has 1 rings (SSSR count). The van der Waals surface area contributed by atoms with Gasteiger partial charge in [0.25, 0.3) is 0 Å². The fourth-order valence-corrected chi connectivity index (χ4v) is 1.84. The van der Waals surface area contributed by atoms with Crippen LogP contribution in [0.3, 0.4) is 0 Å². The van der Waals surface area contributed by atoms with Gasteiger partial charge in [0.2, 0.25) is 0 Å². The van der Waals surface area contributed by atoms with Crippen molar-refractivity contribution in [2.75, 3.05) is 0 Å². The summed E-state index contributed by atoms with van der Waals surface area (Å²) in [7, 11) is 0. The van der Waals surface area contributed by atoms with Crippen molar-refractivity contribution in [3.63, 3.8) is 0 Å². The monoisotopic (exact) mass is 189 g/mol. The van der Waals surface area contributed by atoms with Crippen LogP contribution in [-0.4, -0.2) is 0 Å². The fourth-order valence-electron chi connectivity index (χ4n) is 1.84. The second-order valence-electron chi connectivity index (χ2n) is 3.76. The summed E-state index contributed by atoms with van der Waals surface area (Å²) in [5.74, 6) is 0. The van der Waals surface area contributed by atoms with Crippen molar-refractivity contribution in [3.8, 4) is 0 Å². The summed E-state index contributed by atoms with van der Waals surface area (Å²) >= 11 is 0. The Hall–Kier alpha value is -1.08. The van der Waals surface area contributed by atoms with Gasteiger partial charge >= 0.3 is 0 Å². The van der Waals surface area contributed by atoms with Crippen molar-refractivity contribution in [3.05, 3.63) is 48.6 Å². The van der Waals surface area contributed by atoms with Gasteiger partial charge < -0.3 is 5.73 Å². The lowest BCUT2D eigenvalue weighted by atomic mass is 9.84. The SMILES string of the molecule is C=CCC(N)(CCC)c1ccccc1. The van der Waals surface area contributed by atoms with Gasteiger partial charge in [0, 0.05) is 5.54 Å². The van der Waals surface area contributed by atoms with E-state index in [9.17, 15) is 0 Å². The lowest BCUT2D eigenvalue weighted by Crippen LogP contribution is -2.35. The van der Waals surface area contributed by atoms with Gasteiger partial charge in [0.1, 0.15) is 0 Å². The van der Waals surface area contributed by atoms with Gasteiger partial charge in [0.15, 0.2) is 0 Å². The molecule has 0 aliphatic carbocycles. The van der Waals surface area contributed by atoms with E-state index in [1.54, 1.807) is 0 Å². The van der Waals surface area contributed by atoms with Gasteiger partial charge in [0.05, 0.1) is 0 Å². The van der Waals surface area contributed by atoms with Crippen molar-refractivity contribution >= 4 is 0 Å². The average Bonchev–Trinajstić information content (AvgIpc) is 2.20. The van der Waals surface area contributed by atoms with Gasteiger partial charge in [-0.25, -0.2) is 0 Å². The van der Waals surface area contributed by atoms with E-state index in [4.69, 9.17) is 5.73 Å². The molecule has 1 nitrogen and oxygen atoms in total. The largest absolute Gasteiger partial charge is 0.321 e. The lowest BCUT2D eigenvalue weighted by molar-refractivity contribution is 0.408. The van der Waals surface area contributed by atoms with Gasteiger partial charge in [-0.15, -0.1) is 6.58 Å². The van der Waals surface area contributed by atoms with Crippen molar-refractivity contribution in [2.45, 2.75) is 31.7 Å². The number of hydrogen-bond acceptors (Lipinski definition) is 1. The summed E-state index contributed by atoms with van der Waals surface area (Å²) in [5.41, 5.74) is 7.35. The second-order valence-corrected chi connectivity index (χ2v) is 3.76. The molecule has 0 aliphatic rings. The number of nitrogens with two attached hydrogens (primary N) is 1. The Morgan fingerprint density at radius 1 is 1.36 bits per heavy atom. The zero-order valence-electron chi connectivity index (χ0n) is 8.87. The normalized spacial score (nSPS) is 14.7. The van der Waals surface area contributed by atoms with Crippen molar-refractivity contribution in [1.82, 2.24) is 0 Å². The highest BCUT2D eigenvalue weighted by Crippen LogP contribution is 2.27. The standard InChI is InChI=1S/C13H19N/c1-3-10-13(14,11-4-2)12-8-6-5-7-9-12/h3,5-9H,1,4,10-11,14H2,2H3. The molecule has 0 fully saturated rings. The molecule has 0 radical (unpaired) electrons. The Morgan fingerprint density at radius 3 is 2.50 bits per heavy atom. The van der Waals surface area contributed by atoms with Gasteiger partial charge in [-0.1, -0.05) is 49.8 Å². The van der Waals surface area contributed by atoms with Gasteiger partial charge in [-0.3, -0.25) is 0 Å². The minimum absolute atomic E-state index is 0.224. The summed E-state index contributed by atoms with van der Waals surface area (Å²) < 4.78 is 0. The first-order valence-electron chi connectivity index (χ1n) is 5.18. The molecule has 0 aromatic heterocycles. The number of hydrogen-bond donors (Lipinski definition) is 1. The van der Waals surface area contributed by atoms with E-state index in [0.29, 0.717) is 0 Å². The molecule has 1 atom stereocenters. The van der Waals surface area contributed by atoms with Crippen LogP contribution in [0.1, 0.15) is 31.7 Å². The Balaban J connectivity index is 2.92. The molecule has 1 aromatic rings. The van der Waals surface area contributed by atoms with Crippen molar-refractivity contribution < 1.29 is 0 Å². The van der Waals surface area contributed by atoms with Crippen molar-refractivity contribution in [1.29, 1.82) is 0 Å². The number of rotatable bonds is 5. The number of benzene rings is 1. The maximum Gasteiger partial charge on any atom is 0.0444 e. The topological polar surface area (TPSA) is 26.0 Å². The zero-order chi connectivity index (χ0) is 10.4. The van der Waals surface area contributed by atoms with Crippen LogP contribution in [0.15, 0.2) is 43.0 Å². The quantitative estimate of drug-likeness (QED) is 0.707. The van der Waals surface area contributed by atoms with Crippen LogP contribution in [0, 0.1) is 0 Å². The minimum Gasteiger partial charge on any atom is -0.321 e. The smallest absolute Gasteiger partial charge is 0.0444 e. The first-order valence-corrected chi connectivity index (χ1v) is 5.18. The Kier molecular flexibility index (Phi) is 3.90. The first kappa shape index (κ1) is 11.0. The molecule has 1 unspecified atom stereocenters. The molecule has 2 N–H and O–H groups in total. The molecule has 1 heteroatoms. The average molecular weight is 189 g/mol. The molecule has 76 valence electrons. The Labute approximate surface area is 86.6 Å². The highest BCUT2D eigenvalue weighted by atomic mass is 14.7. The fraction of sp³-hybridized carbons (Fsp3) is 0.385. The molecule has 0 amide bonds. The second kappa shape index (κ2) is 4.97. The molecular weight excluding hydrogens is 170 g/mol. The molecule has 14 heavy (non-hydrogen) atoms. The maximum atomic E-state index is 6.37. The Bertz CT molecular complexity index is 279. The van der Waals surface area contributed by atoms with Crippen LogP contribution < -0.4 is 5.73 Å². The van der Waals surface area contributed by atoms with Crippen LogP contribution in [0.25, 0.3) is 0 Å². The summed E-state index contributed by atoms with van der Waals surface area (Å²) in [6, 6.07) is 10.3. The van der Waals surface area contributed by atoms with E-state index in [0.717, 1.165) is 19.3 Å². The van der Waals surface area contributed by atoms with E-state index < -0.39 is 0 Å². The Morgan fingerprint density at radius 2 is 2.00 bits per heavy atom. The van der Waals surface area contributed by atoms with Crippen LogP contribution in [0.4, 0.5) is 0 Å². The molecule has 0 bridgehead atoms. The summed E-state index contributed by atoms with van der Waals surface area (Å²) in [6.07, 6.45) is 4.84. The summed E-state index contributed by atoms with van der Waals surface area (Å²) in [5, 5.41) is 0. The molecule has 0 spiro atoms. The highest BCUT2D eigenvalue weighted by molar-refractivity contribution is 5.24. The zero-order valence-corrected chi connectivity index (χ0v) is 8.87. The van der Waals surface area contributed by atoms with Crippen LogP contribution in [0.2, 0.25) is 0 Å². The van der Waals surface area contributed by atoms with E-state index in [2.05, 4.69) is 25.6 Å². The van der Waals surface area contributed by atoms with E-state index >= 15 is 0 Å². The third-order valence-electron chi connectivity index (χ3n) is 2.55. The first-order chi connectivity index (χ1) is 6.73. The van der Waals surface area contributed by atoms with E-state index in [-0.39, 0.29) is 5.54 Å². The van der Waals surface area contributed by atoms with Gasteiger partial charge in [-0.2, -0.15) is 0 Å². The van der Waals surface area contributed by atoms with Crippen LogP contribution in [-0.2, 0) is 5.54 Å². The van der Waals surface area contributed by atoms with E-state index in [1.165, 1.54) is 5.56 Å². The third-order valence-corrected chi connectivity index (χ3v) is 2.55. The van der Waals surface area contributed by atoms with Crippen LogP contribution in [0.5, 0.6) is 0 Å². The molecule has 0 saturated heterocycles. The molecule has 0 aliphatic heterocycles. The predicted octanol–water partition coefficient (Wildman–Crippen LogP) is 3.22. The lowest BCUT2D eigenvalue weighted by Gasteiger charge is -2.28. The van der Waals surface area contributed by atoms with E-state index in [1.807, 2.05) is 24.3 Å². The highest BCUT2D eigenvalue weighted by Gasteiger charge is 2.23. The van der Waals surface area contributed by atoms with Crippen molar-refractivity contribution in [2.24, 2.45) is 5.73 Å². The van der Waals surface area contributed by atoms with Crippen LogP contribution >= 0.6 is 0 Å². The maximum absolute atomic E-state index is 6.37. The molecule has 0 heterocycles. The molecular formula is C13H19N.